The monoisotopic (exact) mass is 390 g/mol. The third kappa shape index (κ3) is 5.53. The van der Waals surface area contributed by atoms with Crippen molar-refractivity contribution in [3.63, 3.8) is 0 Å². The minimum absolute atomic E-state index is 0.00693. The quantitative estimate of drug-likeness (QED) is 0.641. The Kier molecular flexibility index (Phi) is 6.54. The predicted molar refractivity (Wildman–Crippen MR) is 103 cm³/mol. The van der Waals surface area contributed by atoms with E-state index in [-0.39, 0.29) is 17.0 Å². The van der Waals surface area contributed by atoms with E-state index in [2.05, 4.69) is 16.2 Å². The maximum absolute atomic E-state index is 12.2. The number of hydrogen-bond acceptors (Lipinski definition) is 5. The lowest BCUT2D eigenvalue weighted by Crippen LogP contribution is -2.44. The molecule has 0 unspecified atom stereocenters. The Labute approximate surface area is 158 Å². The molecular formula is C18H22N4O4S. The summed E-state index contributed by atoms with van der Waals surface area (Å²) in [6.45, 7) is 1.93. The molecule has 2 amide bonds. The van der Waals surface area contributed by atoms with Crippen LogP contribution < -0.4 is 16.2 Å². The first-order valence-electron chi connectivity index (χ1n) is 8.12. The Morgan fingerprint density at radius 2 is 1.67 bits per heavy atom. The van der Waals surface area contributed by atoms with E-state index in [0.717, 1.165) is 15.6 Å². The van der Waals surface area contributed by atoms with E-state index >= 15 is 0 Å². The van der Waals surface area contributed by atoms with Crippen LogP contribution in [0.5, 0.6) is 0 Å². The van der Waals surface area contributed by atoms with E-state index in [1.165, 1.54) is 38.4 Å². The van der Waals surface area contributed by atoms with Crippen molar-refractivity contribution in [1.82, 2.24) is 15.2 Å². The van der Waals surface area contributed by atoms with Crippen LogP contribution in [0.25, 0.3) is 0 Å². The van der Waals surface area contributed by atoms with Gasteiger partial charge in [-0.2, -0.15) is 0 Å². The first-order valence-corrected chi connectivity index (χ1v) is 9.56. The van der Waals surface area contributed by atoms with Gasteiger partial charge in [-0.1, -0.05) is 23.8 Å². The molecule has 0 aliphatic carbocycles. The number of hydrazine groups is 1. The Bertz CT molecular complexity index is 925. The van der Waals surface area contributed by atoms with Gasteiger partial charge in [0.15, 0.2) is 0 Å². The summed E-state index contributed by atoms with van der Waals surface area (Å²) < 4.78 is 25.3. The molecule has 0 aromatic heterocycles. The van der Waals surface area contributed by atoms with Crippen molar-refractivity contribution in [3.05, 3.63) is 59.7 Å². The van der Waals surface area contributed by atoms with Gasteiger partial charge in [0, 0.05) is 25.3 Å². The van der Waals surface area contributed by atoms with Gasteiger partial charge < -0.3 is 5.32 Å². The van der Waals surface area contributed by atoms with E-state index in [9.17, 15) is 18.0 Å². The van der Waals surface area contributed by atoms with Crippen molar-refractivity contribution in [2.75, 3.05) is 26.0 Å². The highest BCUT2D eigenvalue weighted by Crippen LogP contribution is 2.14. The molecule has 0 bridgehead atoms. The Morgan fingerprint density at radius 1 is 1.00 bits per heavy atom. The first-order chi connectivity index (χ1) is 12.7. The summed E-state index contributed by atoms with van der Waals surface area (Å²) in [4.78, 5) is 24.0. The molecule has 2 aromatic rings. The number of amides is 2. The van der Waals surface area contributed by atoms with E-state index in [1.807, 2.05) is 31.2 Å². The summed E-state index contributed by atoms with van der Waals surface area (Å²) in [7, 11) is -0.838. The fourth-order valence-corrected chi connectivity index (χ4v) is 3.05. The molecule has 0 radical (unpaired) electrons. The van der Waals surface area contributed by atoms with Crippen LogP contribution >= 0.6 is 0 Å². The SMILES string of the molecule is Cc1ccc(NCC(=O)NNC(=O)c2cccc(S(=O)(=O)N(C)C)c2)cc1. The summed E-state index contributed by atoms with van der Waals surface area (Å²) in [6.07, 6.45) is 0. The van der Waals surface area contributed by atoms with Crippen LogP contribution in [0.15, 0.2) is 53.4 Å². The summed E-state index contributed by atoms with van der Waals surface area (Å²) >= 11 is 0. The Balaban J connectivity index is 1.91. The second-order valence-electron chi connectivity index (χ2n) is 6.04. The number of sulfonamides is 1. The highest BCUT2D eigenvalue weighted by Gasteiger charge is 2.18. The second kappa shape index (κ2) is 8.65. The number of nitrogens with one attached hydrogen (secondary N) is 3. The minimum Gasteiger partial charge on any atom is -0.376 e. The van der Waals surface area contributed by atoms with Gasteiger partial charge in [0.25, 0.3) is 11.8 Å². The maximum atomic E-state index is 12.2. The number of carbonyl (C=O) groups is 2. The molecule has 0 spiro atoms. The van der Waals surface area contributed by atoms with E-state index < -0.39 is 21.8 Å². The number of anilines is 1. The largest absolute Gasteiger partial charge is 0.376 e. The van der Waals surface area contributed by atoms with Gasteiger partial charge in [-0.3, -0.25) is 20.4 Å². The second-order valence-corrected chi connectivity index (χ2v) is 8.19. The fraction of sp³-hybridized carbons (Fsp3) is 0.222. The zero-order valence-corrected chi connectivity index (χ0v) is 16.1. The zero-order chi connectivity index (χ0) is 20.0. The van der Waals surface area contributed by atoms with Gasteiger partial charge in [0.1, 0.15) is 0 Å². The third-order valence-electron chi connectivity index (χ3n) is 3.69. The van der Waals surface area contributed by atoms with Crippen LogP contribution in [0.3, 0.4) is 0 Å². The lowest BCUT2D eigenvalue weighted by atomic mass is 10.2. The van der Waals surface area contributed by atoms with Gasteiger partial charge >= 0.3 is 0 Å². The first kappa shape index (κ1) is 20.4. The van der Waals surface area contributed by atoms with Crippen molar-refractivity contribution >= 4 is 27.5 Å². The van der Waals surface area contributed by atoms with E-state index in [4.69, 9.17) is 0 Å². The molecule has 3 N–H and O–H groups in total. The van der Waals surface area contributed by atoms with Crippen molar-refractivity contribution in [2.45, 2.75) is 11.8 Å². The minimum atomic E-state index is -3.65. The molecule has 0 fully saturated rings. The Morgan fingerprint density at radius 3 is 2.30 bits per heavy atom. The molecule has 2 aromatic carbocycles. The number of aryl methyl sites for hydroxylation is 1. The molecule has 0 aliphatic rings. The topological polar surface area (TPSA) is 108 Å². The van der Waals surface area contributed by atoms with Crippen LogP contribution in [0.4, 0.5) is 5.69 Å². The van der Waals surface area contributed by atoms with Crippen LogP contribution in [0.2, 0.25) is 0 Å². The molecule has 8 nitrogen and oxygen atoms in total. The average Bonchev–Trinajstić information content (AvgIpc) is 2.65. The van der Waals surface area contributed by atoms with Crippen LogP contribution in [-0.2, 0) is 14.8 Å². The molecule has 0 saturated carbocycles. The van der Waals surface area contributed by atoms with Gasteiger partial charge in [0.05, 0.1) is 11.4 Å². The highest BCUT2D eigenvalue weighted by atomic mass is 32.2. The lowest BCUT2D eigenvalue weighted by Gasteiger charge is -2.13. The molecule has 0 atom stereocenters. The van der Waals surface area contributed by atoms with Crippen LogP contribution in [0, 0.1) is 6.92 Å². The number of hydrogen-bond donors (Lipinski definition) is 3. The van der Waals surface area contributed by atoms with Crippen LogP contribution in [-0.4, -0.2) is 45.2 Å². The van der Waals surface area contributed by atoms with Crippen LogP contribution in [0.1, 0.15) is 15.9 Å². The van der Waals surface area contributed by atoms with Gasteiger partial charge in [-0.05, 0) is 37.3 Å². The van der Waals surface area contributed by atoms with Gasteiger partial charge in [-0.25, -0.2) is 12.7 Å². The normalized spacial score (nSPS) is 11.1. The number of carbonyl (C=O) groups excluding carboxylic acids is 2. The third-order valence-corrected chi connectivity index (χ3v) is 5.51. The molecule has 0 heterocycles. The van der Waals surface area contributed by atoms with Gasteiger partial charge in [0.2, 0.25) is 10.0 Å². The molecule has 2 rings (SSSR count). The summed E-state index contributed by atoms with van der Waals surface area (Å²) in [5.74, 6) is -1.06. The summed E-state index contributed by atoms with van der Waals surface area (Å²) in [6, 6.07) is 13.1. The molecule has 144 valence electrons. The maximum Gasteiger partial charge on any atom is 0.269 e. The van der Waals surface area contributed by atoms with E-state index in [1.54, 1.807) is 0 Å². The molecule has 0 aliphatic heterocycles. The zero-order valence-electron chi connectivity index (χ0n) is 15.3. The van der Waals surface area contributed by atoms with Crippen molar-refractivity contribution in [3.8, 4) is 0 Å². The van der Waals surface area contributed by atoms with Crippen molar-refractivity contribution < 1.29 is 18.0 Å². The van der Waals surface area contributed by atoms with Crippen molar-refractivity contribution in [2.24, 2.45) is 0 Å². The fourth-order valence-electron chi connectivity index (χ4n) is 2.11. The molecular weight excluding hydrogens is 368 g/mol. The van der Waals surface area contributed by atoms with E-state index in [0.29, 0.717) is 0 Å². The number of nitrogens with zero attached hydrogens (tertiary/aromatic N) is 1. The average molecular weight is 390 g/mol. The Hall–Kier alpha value is -2.91. The number of benzene rings is 2. The molecule has 0 saturated heterocycles. The highest BCUT2D eigenvalue weighted by molar-refractivity contribution is 7.89. The predicted octanol–water partition coefficient (Wildman–Crippen LogP) is 1.12. The lowest BCUT2D eigenvalue weighted by molar-refractivity contribution is -0.120. The molecule has 27 heavy (non-hydrogen) atoms. The van der Waals surface area contributed by atoms with Crippen molar-refractivity contribution in [1.29, 1.82) is 0 Å². The summed E-state index contributed by atoms with van der Waals surface area (Å²) in [5, 5.41) is 2.93. The summed E-state index contributed by atoms with van der Waals surface area (Å²) in [5.41, 5.74) is 6.55. The smallest absolute Gasteiger partial charge is 0.269 e. The standard InChI is InChI=1S/C18H22N4O4S/c1-13-7-9-15(10-8-13)19-12-17(23)20-21-18(24)14-5-4-6-16(11-14)27(25,26)22(2)3/h4-11,19H,12H2,1-3H3,(H,20,23)(H,21,24). The number of rotatable bonds is 6. The van der Waals surface area contributed by atoms with Gasteiger partial charge in [-0.15, -0.1) is 0 Å². The molecule has 9 heteroatoms.